The second-order valence-electron chi connectivity index (χ2n) is 4.46. The van der Waals surface area contributed by atoms with Crippen molar-refractivity contribution in [3.8, 4) is 0 Å². The van der Waals surface area contributed by atoms with Gasteiger partial charge in [-0.25, -0.2) is 9.47 Å². The van der Waals surface area contributed by atoms with Gasteiger partial charge in [-0.15, -0.1) is 0 Å². The van der Waals surface area contributed by atoms with Gasteiger partial charge in [0.05, 0.1) is 0 Å². The highest BCUT2D eigenvalue weighted by atomic mass is 19.4. The van der Waals surface area contributed by atoms with E-state index in [2.05, 4.69) is 0 Å². The molecular weight excluding hydrogens is 467 g/mol. The Morgan fingerprint density at radius 2 is 0.679 bits per heavy atom. The normalized spacial score (nSPS) is 16.5. The van der Waals surface area contributed by atoms with Crippen LogP contribution in [0.2, 0.25) is 0 Å². The van der Waals surface area contributed by atoms with E-state index < -0.39 is 48.6 Å². The Morgan fingerprint density at radius 1 is 0.393 bits per heavy atom. The molecule has 0 aliphatic rings. The number of alkyl halides is 17. The molecular formula is C8HF17O3. The van der Waals surface area contributed by atoms with Gasteiger partial charge in [-0.2, -0.15) is 74.6 Å². The fourth-order valence-corrected chi connectivity index (χ4v) is 0.927. The van der Waals surface area contributed by atoms with Crippen LogP contribution < -0.4 is 0 Å². The third kappa shape index (κ3) is 4.47. The molecule has 0 spiro atoms. The van der Waals surface area contributed by atoms with Crippen LogP contribution in [0.25, 0.3) is 0 Å². The number of rotatable bonds is 8. The van der Waals surface area contributed by atoms with E-state index in [1.807, 2.05) is 0 Å². The van der Waals surface area contributed by atoms with Crippen molar-refractivity contribution >= 4 is 0 Å². The van der Waals surface area contributed by atoms with E-state index in [9.17, 15) is 74.6 Å². The molecule has 0 aliphatic heterocycles. The molecule has 0 saturated heterocycles. The van der Waals surface area contributed by atoms with Gasteiger partial charge >= 0.3 is 48.6 Å². The van der Waals surface area contributed by atoms with E-state index in [4.69, 9.17) is 5.11 Å². The standard InChI is InChI=1S/C8HF17O3/c9-1(10,3(13,14)15)2(11,12)5(18,19)27-7(22,23)8(24,25)28-6(20,21)4(16,17)26/h26H. The molecule has 0 heterocycles. The Morgan fingerprint density at radius 3 is 0.929 bits per heavy atom. The molecule has 20 heteroatoms. The van der Waals surface area contributed by atoms with E-state index in [1.165, 1.54) is 4.74 Å². The minimum absolute atomic E-state index is 1.16. The van der Waals surface area contributed by atoms with Crippen molar-refractivity contribution in [3.05, 3.63) is 0 Å². The summed E-state index contributed by atoms with van der Waals surface area (Å²) in [5.74, 6) is -16.0. The molecule has 0 aliphatic carbocycles. The summed E-state index contributed by atoms with van der Waals surface area (Å²) in [6, 6.07) is 0. The first-order chi connectivity index (χ1) is 11.7. The van der Waals surface area contributed by atoms with Crippen molar-refractivity contribution in [2.24, 2.45) is 0 Å². The summed E-state index contributed by atoms with van der Waals surface area (Å²) in [5.41, 5.74) is 0. The zero-order valence-electron chi connectivity index (χ0n) is 11.7. The van der Waals surface area contributed by atoms with E-state index >= 15 is 0 Å². The van der Waals surface area contributed by atoms with Crippen LogP contribution >= 0.6 is 0 Å². The van der Waals surface area contributed by atoms with Crippen LogP contribution in [0.5, 0.6) is 0 Å². The smallest absolute Gasteiger partial charge is 0.329 e. The Kier molecular flexibility index (Phi) is 6.30. The van der Waals surface area contributed by atoms with Gasteiger partial charge in [0.2, 0.25) is 0 Å². The zero-order chi connectivity index (χ0) is 23.4. The zero-order valence-corrected chi connectivity index (χ0v) is 11.7. The Balaban J connectivity index is 5.96. The van der Waals surface area contributed by atoms with Crippen LogP contribution in [0.3, 0.4) is 0 Å². The summed E-state index contributed by atoms with van der Waals surface area (Å²) in [6.45, 7) is 0. The molecule has 0 bridgehead atoms. The van der Waals surface area contributed by atoms with Gasteiger partial charge in [0.25, 0.3) is 0 Å². The fraction of sp³-hybridized carbons (Fsp3) is 1.00. The summed E-state index contributed by atoms with van der Waals surface area (Å²) < 4.78 is 212. The molecule has 0 atom stereocenters. The van der Waals surface area contributed by atoms with Crippen molar-refractivity contribution < 1.29 is 89.2 Å². The summed E-state index contributed by atoms with van der Waals surface area (Å²) in [4.78, 5) is 0. The number of hydrogen-bond acceptors (Lipinski definition) is 3. The van der Waals surface area contributed by atoms with Crippen molar-refractivity contribution in [2.75, 3.05) is 0 Å². The summed E-state index contributed by atoms with van der Waals surface area (Å²) in [5, 5.41) is 7.41. The van der Waals surface area contributed by atoms with E-state index in [1.54, 1.807) is 0 Å². The quantitative estimate of drug-likeness (QED) is 0.521. The van der Waals surface area contributed by atoms with Crippen molar-refractivity contribution in [2.45, 2.75) is 48.6 Å². The predicted molar refractivity (Wildman–Crippen MR) is 45.1 cm³/mol. The highest BCUT2D eigenvalue weighted by Crippen LogP contribution is 2.56. The number of ether oxygens (including phenoxy) is 2. The lowest BCUT2D eigenvalue weighted by atomic mass is 10.1. The molecule has 0 aromatic rings. The molecule has 170 valence electrons. The van der Waals surface area contributed by atoms with Crippen LogP contribution in [-0.4, -0.2) is 53.7 Å². The maximum Gasteiger partial charge on any atom is 0.460 e. The lowest BCUT2D eigenvalue weighted by Crippen LogP contribution is -2.65. The number of halogens is 17. The second-order valence-corrected chi connectivity index (χ2v) is 4.46. The highest BCUT2D eigenvalue weighted by Gasteiger charge is 2.85. The Labute approximate surface area is 139 Å². The molecule has 0 radical (unpaired) electrons. The van der Waals surface area contributed by atoms with Crippen LogP contribution in [-0.2, 0) is 9.47 Å². The summed E-state index contributed by atoms with van der Waals surface area (Å²) in [7, 11) is 0. The predicted octanol–water partition coefficient (Wildman–Crippen LogP) is 4.81. The summed E-state index contributed by atoms with van der Waals surface area (Å²) in [6.07, 6.45) is -44.4. The first-order valence-corrected chi connectivity index (χ1v) is 5.50. The van der Waals surface area contributed by atoms with E-state index in [0.29, 0.717) is 0 Å². The highest BCUT2D eigenvalue weighted by molar-refractivity contribution is 4.97. The maximum atomic E-state index is 12.7. The van der Waals surface area contributed by atoms with Gasteiger partial charge in [0, 0.05) is 0 Å². The average molecular weight is 468 g/mol. The largest absolute Gasteiger partial charge is 0.460 e. The van der Waals surface area contributed by atoms with Crippen molar-refractivity contribution in [1.82, 2.24) is 0 Å². The van der Waals surface area contributed by atoms with E-state index in [-0.39, 0.29) is 0 Å². The number of hydrogen-bond donors (Lipinski definition) is 1. The average Bonchev–Trinajstić information content (AvgIpc) is 2.32. The first kappa shape index (κ1) is 26.7. The fourth-order valence-electron chi connectivity index (χ4n) is 0.927. The van der Waals surface area contributed by atoms with Gasteiger partial charge in [0.1, 0.15) is 0 Å². The molecule has 0 unspecified atom stereocenters. The van der Waals surface area contributed by atoms with Gasteiger partial charge < -0.3 is 5.11 Å². The molecule has 0 amide bonds. The minimum Gasteiger partial charge on any atom is -0.329 e. The topological polar surface area (TPSA) is 38.7 Å². The van der Waals surface area contributed by atoms with Crippen LogP contribution in [0, 0.1) is 0 Å². The third-order valence-electron chi connectivity index (χ3n) is 2.32. The van der Waals surface area contributed by atoms with Crippen molar-refractivity contribution in [3.63, 3.8) is 0 Å². The molecule has 0 aromatic carbocycles. The SMILES string of the molecule is OC(F)(F)C(F)(F)OC(F)(F)C(F)(F)OC(F)(F)C(F)(F)C(F)(F)C(F)(F)F. The van der Waals surface area contributed by atoms with Gasteiger partial charge in [-0.3, -0.25) is 0 Å². The molecule has 0 fully saturated rings. The van der Waals surface area contributed by atoms with Crippen molar-refractivity contribution in [1.29, 1.82) is 0 Å². The van der Waals surface area contributed by atoms with Gasteiger partial charge in [-0.05, 0) is 0 Å². The third-order valence-corrected chi connectivity index (χ3v) is 2.32. The molecule has 0 aromatic heterocycles. The first-order valence-electron chi connectivity index (χ1n) is 5.50. The lowest BCUT2D eigenvalue weighted by molar-refractivity contribution is -0.559. The van der Waals surface area contributed by atoms with Crippen LogP contribution in [0.1, 0.15) is 0 Å². The van der Waals surface area contributed by atoms with Gasteiger partial charge in [0.15, 0.2) is 0 Å². The Hall–Kier alpha value is -1.31. The molecule has 3 nitrogen and oxygen atoms in total. The monoisotopic (exact) mass is 468 g/mol. The van der Waals surface area contributed by atoms with Crippen LogP contribution in [0.15, 0.2) is 0 Å². The van der Waals surface area contributed by atoms with Gasteiger partial charge in [-0.1, -0.05) is 0 Å². The van der Waals surface area contributed by atoms with Crippen LogP contribution in [0.4, 0.5) is 74.6 Å². The number of aliphatic hydroxyl groups is 1. The lowest BCUT2D eigenvalue weighted by Gasteiger charge is -2.36. The molecule has 0 rings (SSSR count). The second kappa shape index (κ2) is 6.61. The molecule has 28 heavy (non-hydrogen) atoms. The maximum absolute atomic E-state index is 12.7. The minimum atomic E-state index is -8.05. The van der Waals surface area contributed by atoms with E-state index in [0.717, 1.165) is 4.74 Å². The molecule has 1 N–H and O–H groups in total. The molecule has 0 saturated carbocycles. The Bertz CT molecular complexity index is 558. The summed E-state index contributed by atoms with van der Waals surface area (Å²) >= 11 is 0.